The Balaban J connectivity index is 0.000000557. The first-order chi connectivity index (χ1) is 16.1. The number of hydrogen-bond donors (Lipinski definition) is 2. The van der Waals surface area contributed by atoms with Crippen LogP contribution in [0.2, 0.25) is 0 Å². The fraction of sp³-hybridized carbons (Fsp3) is 0.300. The van der Waals surface area contributed by atoms with E-state index in [1.54, 1.807) is 0 Å². The van der Waals surface area contributed by atoms with Gasteiger partial charge < -0.3 is 20.5 Å². The third kappa shape index (κ3) is 13.0. The van der Waals surface area contributed by atoms with Crippen LogP contribution in [0, 0.1) is 0 Å². The highest BCUT2D eigenvalue weighted by molar-refractivity contribution is 9.11. The van der Waals surface area contributed by atoms with E-state index < -0.39 is 29.4 Å². The summed E-state index contributed by atoms with van der Waals surface area (Å²) in [5.41, 5.74) is 3.96. The van der Waals surface area contributed by atoms with E-state index in [0.29, 0.717) is 0 Å². The highest BCUT2D eigenvalue weighted by Crippen LogP contribution is 2.37. The molecule has 0 spiro atoms. The first kappa shape index (κ1) is 33.0. The van der Waals surface area contributed by atoms with E-state index in [0.717, 1.165) is 12.1 Å². The van der Waals surface area contributed by atoms with Crippen molar-refractivity contribution >= 4 is 71.1 Å². The second-order valence-corrected chi connectivity index (χ2v) is 8.34. The van der Waals surface area contributed by atoms with Gasteiger partial charge in [-0.15, -0.1) is 0 Å². The molecule has 0 aliphatic heterocycles. The monoisotopic (exact) mass is 702 g/mol. The normalized spacial score (nSPS) is 10.7. The number of carbonyl (C=O) groups excluding carboxylic acids is 2. The second-order valence-electron chi connectivity index (χ2n) is 6.07. The fourth-order valence-electron chi connectivity index (χ4n) is 1.91. The van der Waals surface area contributed by atoms with Gasteiger partial charge in [-0.1, -0.05) is 47.8 Å². The molecule has 0 bridgehead atoms. The molecule has 2 aromatic rings. The van der Waals surface area contributed by atoms with Crippen LogP contribution in [-0.2, 0) is 31.4 Å². The summed E-state index contributed by atoms with van der Waals surface area (Å²) in [6, 6.07) is 7.19. The molecule has 0 aliphatic carbocycles. The number of esters is 2. The molecule has 0 aromatic heterocycles. The first-order valence-electron chi connectivity index (χ1n) is 8.99. The van der Waals surface area contributed by atoms with E-state index in [1.807, 2.05) is 0 Å². The van der Waals surface area contributed by atoms with Gasteiger partial charge in [-0.3, -0.25) is 9.59 Å². The standard InChI is InChI=1S/C10H9BrF3NO2.C7H5BrF3N.C3H5BrO2/c1-17-9(16)5-15-6-2-3-8(11)7(4-6)10(12,13)14;8-6-2-1-4(12)3-5(6)7(9,10)11;1-6-3(5)2-4/h2-4,15H,5H2,1H3;1-3H,12H2;2H2,1H3. The summed E-state index contributed by atoms with van der Waals surface area (Å²) in [5, 5.41) is 2.82. The molecule has 6 nitrogen and oxygen atoms in total. The second kappa shape index (κ2) is 15.2. The molecule has 2 rings (SSSR count). The smallest absolute Gasteiger partial charge is 0.417 e. The minimum Gasteiger partial charge on any atom is -0.468 e. The number of halogens is 9. The summed E-state index contributed by atoms with van der Waals surface area (Å²) in [7, 11) is 2.55. The lowest BCUT2D eigenvalue weighted by molar-refractivity contribution is -0.139. The number of ether oxygens (including phenoxy) is 2. The number of rotatable bonds is 4. The maximum Gasteiger partial charge on any atom is 0.417 e. The summed E-state index contributed by atoms with van der Waals surface area (Å²) < 4.78 is 82.6. The van der Waals surface area contributed by atoms with Crippen molar-refractivity contribution in [2.45, 2.75) is 12.4 Å². The number of benzene rings is 2. The molecule has 0 saturated heterocycles. The molecule has 35 heavy (non-hydrogen) atoms. The summed E-state index contributed by atoms with van der Waals surface area (Å²) in [6.45, 7) is -0.185. The van der Waals surface area contributed by atoms with Gasteiger partial charge >= 0.3 is 24.3 Å². The Morgan fingerprint density at radius 2 is 1.31 bits per heavy atom. The Kier molecular flexibility index (Phi) is 14.3. The zero-order valence-electron chi connectivity index (χ0n) is 18.0. The van der Waals surface area contributed by atoms with Gasteiger partial charge in [-0.2, -0.15) is 26.3 Å². The lowest BCUT2D eigenvalue weighted by atomic mass is 10.2. The minimum absolute atomic E-state index is 0.00389. The van der Waals surface area contributed by atoms with E-state index in [4.69, 9.17) is 5.73 Å². The molecule has 196 valence electrons. The largest absolute Gasteiger partial charge is 0.468 e. The topological polar surface area (TPSA) is 90.6 Å². The van der Waals surface area contributed by atoms with Crippen LogP contribution in [-0.4, -0.2) is 38.0 Å². The Labute approximate surface area is 221 Å². The highest BCUT2D eigenvalue weighted by atomic mass is 79.9. The van der Waals surface area contributed by atoms with Crippen LogP contribution >= 0.6 is 47.8 Å². The van der Waals surface area contributed by atoms with Gasteiger partial charge in [-0.05, 0) is 36.4 Å². The summed E-state index contributed by atoms with van der Waals surface area (Å²) >= 11 is 8.51. The average molecular weight is 705 g/mol. The van der Waals surface area contributed by atoms with Crippen LogP contribution in [0.5, 0.6) is 0 Å². The fourth-order valence-corrected chi connectivity index (χ4v) is 3.09. The lowest BCUT2D eigenvalue weighted by Crippen LogP contribution is -2.15. The van der Waals surface area contributed by atoms with Crippen molar-refractivity contribution in [3.63, 3.8) is 0 Å². The van der Waals surface area contributed by atoms with E-state index in [-0.39, 0.29) is 38.2 Å². The number of nitrogens with one attached hydrogen (secondary N) is 1. The molecule has 3 N–H and O–H groups in total. The Bertz CT molecular complexity index is 982. The summed E-state index contributed by atoms with van der Waals surface area (Å²) in [5.74, 6) is -0.795. The Hall–Kier alpha value is -2.00. The molecule has 0 atom stereocenters. The number of carbonyl (C=O) groups is 2. The van der Waals surface area contributed by atoms with Crippen molar-refractivity contribution < 1.29 is 45.4 Å². The predicted molar refractivity (Wildman–Crippen MR) is 129 cm³/mol. The van der Waals surface area contributed by atoms with Crippen molar-refractivity contribution in [2.24, 2.45) is 0 Å². The quantitative estimate of drug-likeness (QED) is 0.160. The molecule has 0 amide bonds. The molecule has 15 heteroatoms. The van der Waals surface area contributed by atoms with Crippen molar-refractivity contribution in [2.75, 3.05) is 37.1 Å². The molecule has 0 heterocycles. The van der Waals surface area contributed by atoms with Crippen LogP contribution in [0.25, 0.3) is 0 Å². The third-order valence-electron chi connectivity index (χ3n) is 3.57. The van der Waals surface area contributed by atoms with Crippen LogP contribution in [0.1, 0.15) is 11.1 Å². The zero-order valence-corrected chi connectivity index (χ0v) is 22.7. The molecule has 0 radical (unpaired) electrons. The Morgan fingerprint density at radius 3 is 1.69 bits per heavy atom. The van der Waals surface area contributed by atoms with Crippen LogP contribution < -0.4 is 11.1 Å². The number of hydrogen-bond acceptors (Lipinski definition) is 6. The molecule has 0 aliphatic rings. The van der Waals surface area contributed by atoms with Crippen LogP contribution in [0.3, 0.4) is 0 Å². The van der Waals surface area contributed by atoms with Crippen LogP contribution in [0.4, 0.5) is 37.7 Å². The highest BCUT2D eigenvalue weighted by Gasteiger charge is 2.33. The van der Waals surface area contributed by atoms with Gasteiger partial charge in [0.1, 0.15) is 11.9 Å². The molecule has 0 saturated carbocycles. The maximum absolute atomic E-state index is 12.5. The molecule has 2 aromatic carbocycles. The average Bonchev–Trinajstić information content (AvgIpc) is 2.78. The van der Waals surface area contributed by atoms with Crippen LogP contribution in [0.15, 0.2) is 45.3 Å². The van der Waals surface area contributed by atoms with E-state index >= 15 is 0 Å². The van der Waals surface area contributed by atoms with E-state index in [1.165, 1.54) is 38.5 Å². The van der Waals surface area contributed by atoms with Gasteiger partial charge in [0.15, 0.2) is 0 Å². The predicted octanol–water partition coefficient (Wildman–Crippen LogP) is 6.66. The van der Waals surface area contributed by atoms with Crippen molar-refractivity contribution in [1.82, 2.24) is 0 Å². The van der Waals surface area contributed by atoms with Gasteiger partial charge in [-0.25, -0.2) is 0 Å². The maximum atomic E-state index is 12.5. The number of alkyl halides is 7. The third-order valence-corrected chi connectivity index (χ3v) is 5.41. The van der Waals surface area contributed by atoms with Gasteiger partial charge in [0.2, 0.25) is 0 Å². The van der Waals surface area contributed by atoms with Crippen molar-refractivity contribution in [3.05, 3.63) is 56.5 Å². The summed E-state index contributed by atoms with van der Waals surface area (Å²) in [4.78, 5) is 20.7. The number of methoxy groups -OCH3 is 2. The first-order valence-corrected chi connectivity index (χ1v) is 11.7. The number of nitrogens with two attached hydrogens (primary N) is 1. The molecular formula is C20H19Br3F6N2O4. The van der Waals surface area contributed by atoms with E-state index in [9.17, 15) is 35.9 Å². The SMILES string of the molecule is COC(=O)CBr.COC(=O)CNc1ccc(Br)c(C(F)(F)F)c1.Nc1ccc(Br)c(C(F)(F)F)c1. The minimum atomic E-state index is -4.44. The molecule has 0 fully saturated rings. The van der Waals surface area contributed by atoms with Gasteiger partial charge in [0, 0.05) is 20.3 Å². The molecular weight excluding hydrogens is 686 g/mol. The van der Waals surface area contributed by atoms with Gasteiger partial charge in [0.05, 0.1) is 25.3 Å². The number of nitrogen functional groups attached to an aromatic ring is 1. The van der Waals surface area contributed by atoms with E-state index in [2.05, 4.69) is 62.6 Å². The summed E-state index contributed by atoms with van der Waals surface area (Å²) in [6.07, 6.45) is -8.80. The molecule has 0 unspecified atom stereocenters. The lowest BCUT2D eigenvalue weighted by Gasteiger charge is -2.11. The number of anilines is 2. The Morgan fingerprint density at radius 1 is 0.857 bits per heavy atom. The zero-order chi connectivity index (χ0) is 27.4. The van der Waals surface area contributed by atoms with Gasteiger partial charge in [0.25, 0.3) is 0 Å². The van der Waals surface area contributed by atoms with Crippen molar-refractivity contribution in [1.29, 1.82) is 0 Å². The van der Waals surface area contributed by atoms with Crippen molar-refractivity contribution in [3.8, 4) is 0 Å².